The number of amides is 1. The Balaban J connectivity index is 2.05. The molecule has 0 aromatic heterocycles. The third-order valence-corrected chi connectivity index (χ3v) is 5.76. The molecule has 0 unspecified atom stereocenters. The number of ether oxygens (including phenoxy) is 1. The molecule has 6 nitrogen and oxygen atoms in total. The number of hydrogen-bond acceptors (Lipinski definition) is 4. The largest absolute Gasteiger partial charge is 0.379 e. The highest BCUT2D eigenvalue weighted by Crippen LogP contribution is 2.26. The van der Waals surface area contributed by atoms with Crippen LogP contribution >= 0.6 is 0 Å². The van der Waals surface area contributed by atoms with E-state index in [-0.39, 0.29) is 18.6 Å². The summed E-state index contributed by atoms with van der Waals surface area (Å²) in [4.78, 5) is 12.3. The first-order chi connectivity index (χ1) is 14.1. The Morgan fingerprint density at radius 3 is 2.37 bits per heavy atom. The van der Waals surface area contributed by atoms with Gasteiger partial charge in [-0.1, -0.05) is 24.3 Å². The van der Waals surface area contributed by atoms with Crippen LogP contribution < -0.4 is 9.62 Å². The third-order valence-electron chi connectivity index (χ3n) is 4.63. The van der Waals surface area contributed by atoms with Crippen molar-refractivity contribution in [2.24, 2.45) is 0 Å². The Morgan fingerprint density at radius 1 is 1.10 bits per heavy atom. The molecule has 0 aliphatic rings. The summed E-state index contributed by atoms with van der Waals surface area (Å²) in [5.74, 6) is -0.152. The molecule has 2 aromatic rings. The van der Waals surface area contributed by atoms with Crippen LogP contribution in [0, 0.1) is 13.8 Å². The molecule has 0 fully saturated rings. The first-order valence-corrected chi connectivity index (χ1v) is 12.0. The number of carbonyl (C=O) groups excluding carboxylic acids is 1. The van der Waals surface area contributed by atoms with Crippen LogP contribution in [0.1, 0.15) is 47.3 Å². The minimum absolute atomic E-state index is 0.152. The predicted octanol–water partition coefficient (Wildman–Crippen LogP) is 3.81. The van der Waals surface area contributed by atoms with E-state index in [1.54, 1.807) is 24.3 Å². The number of anilines is 1. The van der Waals surface area contributed by atoms with Gasteiger partial charge in [0.15, 0.2) is 0 Å². The highest BCUT2D eigenvalue weighted by molar-refractivity contribution is 7.92. The van der Waals surface area contributed by atoms with Gasteiger partial charge >= 0.3 is 0 Å². The molecule has 2 rings (SSSR count). The normalized spacial score (nSPS) is 11.5. The molecule has 0 saturated carbocycles. The zero-order valence-corrected chi connectivity index (χ0v) is 19.3. The van der Waals surface area contributed by atoms with Gasteiger partial charge in [0, 0.05) is 18.7 Å². The van der Waals surface area contributed by atoms with Crippen molar-refractivity contribution in [2.75, 3.05) is 23.7 Å². The summed E-state index contributed by atoms with van der Waals surface area (Å²) in [6.07, 6.45) is 2.14. The van der Waals surface area contributed by atoms with Gasteiger partial charge in [0.2, 0.25) is 10.0 Å². The second kappa shape index (κ2) is 10.6. The van der Waals surface area contributed by atoms with E-state index >= 15 is 0 Å². The summed E-state index contributed by atoms with van der Waals surface area (Å²) in [6.45, 7) is 9.14. The standard InChI is InChI=1S/C23H32N2O4S/c1-17(2)29-14-6-13-24-23(26)21-11-9-20(10-12-21)16-25(30(5,27)28)22-15-18(3)7-8-19(22)4/h7-12,15,17H,6,13-14,16H2,1-5H3,(H,24,26). The maximum Gasteiger partial charge on any atom is 0.251 e. The molecule has 164 valence electrons. The lowest BCUT2D eigenvalue weighted by Crippen LogP contribution is -2.30. The van der Waals surface area contributed by atoms with E-state index in [0.29, 0.717) is 24.4 Å². The van der Waals surface area contributed by atoms with Gasteiger partial charge in [0.25, 0.3) is 5.91 Å². The number of carbonyl (C=O) groups is 1. The van der Waals surface area contributed by atoms with Gasteiger partial charge in [-0.2, -0.15) is 0 Å². The number of rotatable bonds is 10. The third kappa shape index (κ3) is 7.15. The van der Waals surface area contributed by atoms with Gasteiger partial charge in [0.05, 0.1) is 24.6 Å². The Labute approximate surface area is 180 Å². The second-order valence-corrected chi connectivity index (χ2v) is 9.69. The molecule has 0 atom stereocenters. The first-order valence-electron chi connectivity index (χ1n) is 10.1. The van der Waals surface area contributed by atoms with Crippen molar-refractivity contribution in [3.05, 3.63) is 64.7 Å². The summed E-state index contributed by atoms with van der Waals surface area (Å²) in [7, 11) is -3.46. The van der Waals surface area contributed by atoms with Gasteiger partial charge in [-0.25, -0.2) is 8.42 Å². The lowest BCUT2D eigenvalue weighted by atomic mass is 10.1. The molecule has 2 aromatic carbocycles. The summed E-state index contributed by atoms with van der Waals surface area (Å²) in [5.41, 5.74) is 3.91. The lowest BCUT2D eigenvalue weighted by molar-refractivity contribution is 0.0757. The molecule has 0 heterocycles. The molecule has 1 amide bonds. The van der Waals surface area contributed by atoms with Crippen LogP contribution in [-0.2, 0) is 21.3 Å². The maximum atomic E-state index is 12.4. The van der Waals surface area contributed by atoms with Crippen LogP contribution in [0.25, 0.3) is 0 Å². The number of nitrogens with one attached hydrogen (secondary N) is 1. The summed E-state index contributed by atoms with van der Waals surface area (Å²) in [6, 6.07) is 12.8. The monoisotopic (exact) mass is 432 g/mol. The number of aryl methyl sites for hydroxylation is 2. The zero-order valence-electron chi connectivity index (χ0n) is 18.4. The average Bonchev–Trinajstić information content (AvgIpc) is 2.67. The minimum atomic E-state index is -3.46. The fourth-order valence-electron chi connectivity index (χ4n) is 2.99. The zero-order chi connectivity index (χ0) is 22.3. The summed E-state index contributed by atoms with van der Waals surface area (Å²) < 4.78 is 31.7. The van der Waals surface area contributed by atoms with Gasteiger partial charge in [-0.05, 0) is 69.0 Å². The van der Waals surface area contributed by atoms with Gasteiger partial charge in [-0.15, -0.1) is 0 Å². The molecule has 30 heavy (non-hydrogen) atoms. The highest BCUT2D eigenvalue weighted by atomic mass is 32.2. The molecule has 0 spiro atoms. The quantitative estimate of drug-likeness (QED) is 0.579. The summed E-state index contributed by atoms with van der Waals surface area (Å²) in [5, 5.41) is 2.87. The van der Waals surface area contributed by atoms with E-state index in [4.69, 9.17) is 4.74 Å². The van der Waals surface area contributed by atoms with Crippen LogP contribution in [0.15, 0.2) is 42.5 Å². The van der Waals surface area contributed by atoms with Crippen LogP contribution in [0.4, 0.5) is 5.69 Å². The molecule has 0 bridgehead atoms. The number of benzene rings is 2. The Morgan fingerprint density at radius 2 is 1.77 bits per heavy atom. The number of sulfonamides is 1. The summed E-state index contributed by atoms with van der Waals surface area (Å²) >= 11 is 0. The van der Waals surface area contributed by atoms with Crippen molar-refractivity contribution in [1.29, 1.82) is 0 Å². The van der Waals surface area contributed by atoms with Gasteiger partial charge < -0.3 is 10.1 Å². The van der Waals surface area contributed by atoms with Gasteiger partial charge in [-0.3, -0.25) is 9.10 Å². The molecule has 0 aliphatic heterocycles. The van der Waals surface area contributed by atoms with E-state index < -0.39 is 10.0 Å². The Bertz CT molecular complexity index is 954. The average molecular weight is 433 g/mol. The smallest absolute Gasteiger partial charge is 0.251 e. The molecule has 0 aliphatic carbocycles. The number of hydrogen-bond donors (Lipinski definition) is 1. The SMILES string of the molecule is Cc1ccc(C)c(N(Cc2ccc(C(=O)NCCCOC(C)C)cc2)S(C)(=O)=O)c1. The molecule has 1 N–H and O–H groups in total. The number of nitrogens with zero attached hydrogens (tertiary/aromatic N) is 1. The Kier molecular flexibility index (Phi) is 8.43. The maximum absolute atomic E-state index is 12.4. The van der Waals surface area contributed by atoms with Crippen molar-refractivity contribution in [3.63, 3.8) is 0 Å². The minimum Gasteiger partial charge on any atom is -0.379 e. The predicted molar refractivity (Wildman–Crippen MR) is 121 cm³/mol. The van der Waals surface area contributed by atoms with E-state index in [1.807, 2.05) is 45.9 Å². The van der Waals surface area contributed by atoms with Crippen LogP contribution in [0.2, 0.25) is 0 Å². The fourth-order valence-corrected chi connectivity index (χ4v) is 3.93. The van der Waals surface area contributed by atoms with Crippen molar-refractivity contribution < 1.29 is 17.9 Å². The van der Waals surface area contributed by atoms with Crippen LogP contribution in [0.5, 0.6) is 0 Å². The van der Waals surface area contributed by atoms with E-state index in [2.05, 4.69) is 5.32 Å². The van der Waals surface area contributed by atoms with Crippen molar-refractivity contribution in [2.45, 2.75) is 46.8 Å². The van der Waals surface area contributed by atoms with Gasteiger partial charge in [0.1, 0.15) is 0 Å². The highest BCUT2D eigenvalue weighted by Gasteiger charge is 2.20. The molecular weight excluding hydrogens is 400 g/mol. The fraction of sp³-hybridized carbons (Fsp3) is 0.435. The van der Waals surface area contributed by atoms with Crippen molar-refractivity contribution in [1.82, 2.24) is 5.32 Å². The van der Waals surface area contributed by atoms with Crippen molar-refractivity contribution >= 4 is 21.6 Å². The molecule has 7 heteroatoms. The van der Waals surface area contributed by atoms with E-state index in [9.17, 15) is 13.2 Å². The van der Waals surface area contributed by atoms with Crippen LogP contribution in [0.3, 0.4) is 0 Å². The first kappa shape index (κ1) is 23.9. The molecule has 0 saturated heterocycles. The second-order valence-electron chi connectivity index (χ2n) is 7.79. The molecule has 0 radical (unpaired) electrons. The molecular formula is C23H32N2O4S. The Hall–Kier alpha value is -2.38. The topological polar surface area (TPSA) is 75.7 Å². The van der Waals surface area contributed by atoms with Crippen molar-refractivity contribution in [3.8, 4) is 0 Å². The van der Waals surface area contributed by atoms with E-state index in [0.717, 1.165) is 23.1 Å². The van der Waals surface area contributed by atoms with E-state index in [1.165, 1.54) is 10.6 Å². The van der Waals surface area contributed by atoms with Crippen LogP contribution in [-0.4, -0.2) is 39.8 Å². The lowest BCUT2D eigenvalue weighted by Gasteiger charge is -2.25.